The molecular weight excluding hydrogens is 298 g/mol. The van der Waals surface area contributed by atoms with Gasteiger partial charge in [-0.3, -0.25) is 4.90 Å². The maximum absolute atomic E-state index is 12.4. The Morgan fingerprint density at radius 1 is 1.36 bits per heavy atom. The largest absolute Gasteiger partial charge is 0.395 e. The third kappa shape index (κ3) is 4.31. The van der Waals surface area contributed by atoms with Gasteiger partial charge in [0.15, 0.2) is 9.84 Å². The topological polar surface area (TPSA) is 57.6 Å². The molecule has 2 atom stereocenters. The fourth-order valence-electron chi connectivity index (χ4n) is 3.29. The van der Waals surface area contributed by atoms with Crippen molar-refractivity contribution in [2.45, 2.75) is 44.0 Å². The third-order valence-electron chi connectivity index (χ3n) is 4.62. The fourth-order valence-corrected chi connectivity index (χ4v) is 4.69. The number of rotatable bonds is 6. The summed E-state index contributed by atoms with van der Waals surface area (Å²) < 4.78 is 24.7. The molecule has 0 unspecified atom stereocenters. The predicted octanol–water partition coefficient (Wildman–Crippen LogP) is 2.25. The molecule has 1 aromatic carbocycles. The Labute approximate surface area is 134 Å². The highest BCUT2D eigenvalue weighted by Gasteiger charge is 2.27. The number of sulfone groups is 1. The van der Waals surface area contributed by atoms with Crippen LogP contribution in [0.2, 0.25) is 0 Å². The number of aliphatic hydroxyl groups is 1. The van der Waals surface area contributed by atoms with E-state index in [1.54, 1.807) is 18.2 Å². The molecule has 4 nitrogen and oxygen atoms in total. The average Bonchev–Trinajstić information content (AvgIpc) is 2.47. The molecule has 1 N–H and O–H groups in total. The molecule has 0 radical (unpaired) electrons. The van der Waals surface area contributed by atoms with E-state index in [9.17, 15) is 13.5 Å². The molecule has 0 saturated carbocycles. The highest BCUT2D eigenvalue weighted by atomic mass is 32.2. The minimum Gasteiger partial charge on any atom is -0.395 e. The van der Waals surface area contributed by atoms with Gasteiger partial charge < -0.3 is 5.11 Å². The monoisotopic (exact) mass is 325 g/mol. The summed E-state index contributed by atoms with van der Waals surface area (Å²) in [6, 6.07) is 7.27. The SMILES string of the molecule is Cc1cccc(S(=O)(=O)CCCN2CCC[C@H](C)[C@@H]2CO)c1. The Morgan fingerprint density at radius 3 is 2.82 bits per heavy atom. The second kappa shape index (κ2) is 7.57. The number of hydrogen-bond donors (Lipinski definition) is 1. The lowest BCUT2D eigenvalue weighted by atomic mass is 9.91. The summed E-state index contributed by atoms with van der Waals surface area (Å²) >= 11 is 0. The lowest BCUT2D eigenvalue weighted by Crippen LogP contribution is -2.47. The normalized spacial score (nSPS) is 23.6. The molecule has 124 valence electrons. The van der Waals surface area contributed by atoms with Gasteiger partial charge in [-0.25, -0.2) is 8.42 Å². The zero-order valence-corrected chi connectivity index (χ0v) is 14.3. The van der Waals surface area contributed by atoms with Crippen LogP contribution in [0.25, 0.3) is 0 Å². The molecule has 0 amide bonds. The maximum atomic E-state index is 12.4. The summed E-state index contributed by atoms with van der Waals surface area (Å²) in [5.74, 6) is 0.645. The van der Waals surface area contributed by atoms with Gasteiger partial charge in [-0.15, -0.1) is 0 Å². The van der Waals surface area contributed by atoms with Crippen molar-refractivity contribution in [1.29, 1.82) is 0 Å². The standard InChI is InChI=1S/C17H27NO3S/c1-14-6-3-8-16(12-14)22(20,21)11-5-10-18-9-4-7-15(2)17(18)13-19/h3,6,8,12,15,17,19H,4-5,7,9-11,13H2,1-2H3/t15-,17-/m0/s1. The van der Waals surface area contributed by atoms with Gasteiger partial charge in [-0.2, -0.15) is 0 Å². The van der Waals surface area contributed by atoms with Gasteiger partial charge in [0.2, 0.25) is 0 Å². The van der Waals surface area contributed by atoms with Gasteiger partial charge in [0.05, 0.1) is 17.3 Å². The Morgan fingerprint density at radius 2 is 2.14 bits per heavy atom. The number of aliphatic hydroxyl groups excluding tert-OH is 1. The summed E-state index contributed by atoms with van der Waals surface area (Å²) in [6.07, 6.45) is 2.88. The van der Waals surface area contributed by atoms with Crippen molar-refractivity contribution in [3.63, 3.8) is 0 Å². The van der Waals surface area contributed by atoms with Gasteiger partial charge >= 0.3 is 0 Å². The van der Waals surface area contributed by atoms with Crippen LogP contribution < -0.4 is 0 Å². The molecular formula is C17H27NO3S. The van der Waals surface area contributed by atoms with E-state index >= 15 is 0 Å². The van der Waals surface area contributed by atoms with Crippen molar-refractivity contribution in [2.75, 3.05) is 25.4 Å². The van der Waals surface area contributed by atoms with Crippen LogP contribution in [-0.4, -0.2) is 49.9 Å². The Hall–Kier alpha value is -0.910. The third-order valence-corrected chi connectivity index (χ3v) is 6.42. The smallest absolute Gasteiger partial charge is 0.178 e. The van der Waals surface area contributed by atoms with E-state index in [-0.39, 0.29) is 18.4 Å². The minimum absolute atomic E-state index is 0.159. The van der Waals surface area contributed by atoms with Crippen molar-refractivity contribution in [1.82, 2.24) is 4.90 Å². The van der Waals surface area contributed by atoms with Gasteiger partial charge in [0.25, 0.3) is 0 Å². The van der Waals surface area contributed by atoms with Crippen LogP contribution in [0, 0.1) is 12.8 Å². The van der Waals surface area contributed by atoms with E-state index in [2.05, 4.69) is 11.8 Å². The highest BCUT2D eigenvalue weighted by molar-refractivity contribution is 7.91. The first kappa shape index (κ1) is 17.4. The maximum Gasteiger partial charge on any atom is 0.178 e. The van der Waals surface area contributed by atoms with Crippen molar-refractivity contribution < 1.29 is 13.5 Å². The van der Waals surface area contributed by atoms with Crippen LogP contribution in [0.1, 0.15) is 31.7 Å². The molecule has 0 aromatic heterocycles. The number of benzene rings is 1. The van der Waals surface area contributed by atoms with Gasteiger partial charge in [-0.1, -0.05) is 19.1 Å². The molecule has 1 heterocycles. The zero-order valence-electron chi connectivity index (χ0n) is 13.5. The van der Waals surface area contributed by atoms with E-state index in [1.165, 1.54) is 0 Å². The number of hydrogen-bond acceptors (Lipinski definition) is 4. The van der Waals surface area contributed by atoms with Gasteiger partial charge in [0, 0.05) is 6.04 Å². The molecule has 22 heavy (non-hydrogen) atoms. The van der Waals surface area contributed by atoms with E-state index in [0.29, 0.717) is 17.2 Å². The van der Waals surface area contributed by atoms with Crippen molar-refractivity contribution in [3.05, 3.63) is 29.8 Å². The summed E-state index contributed by atoms with van der Waals surface area (Å²) in [5.41, 5.74) is 0.964. The van der Waals surface area contributed by atoms with Crippen molar-refractivity contribution in [2.24, 2.45) is 5.92 Å². The molecule has 1 aliphatic rings. The second-order valence-corrected chi connectivity index (χ2v) is 8.50. The summed E-state index contributed by atoms with van der Waals surface area (Å²) in [6.45, 7) is 5.92. The summed E-state index contributed by atoms with van der Waals surface area (Å²) in [7, 11) is -3.21. The van der Waals surface area contributed by atoms with E-state index in [1.807, 2.05) is 13.0 Å². The Kier molecular flexibility index (Phi) is 6.01. The zero-order chi connectivity index (χ0) is 16.2. The quantitative estimate of drug-likeness (QED) is 0.871. The summed E-state index contributed by atoms with van der Waals surface area (Å²) in [5, 5.41) is 9.54. The summed E-state index contributed by atoms with van der Waals surface area (Å²) in [4.78, 5) is 2.66. The lowest BCUT2D eigenvalue weighted by molar-refractivity contribution is 0.0533. The molecule has 0 aliphatic carbocycles. The van der Waals surface area contributed by atoms with E-state index < -0.39 is 9.84 Å². The predicted molar refractivity (Wildman–Crippen MR) is 88.7 cm³/mol. The number of likely N-dealkylation sites (tertiary alicyclic amines) is 1. The second-order valence-electron chi connectivity index (χ2n) is 6.39. The van der Waals surface area contributed by atoms with Crippen molar-refractivity contribution >= 4 is 9.84 Å². The molecule has 1 aliphatic heterocycles. The molecule has 0 spiro atoms. The number of piperidine rings is 1. The van der Waals surface area contributed by atoms with Crippen LogP contribution in [0.3, 0.4) is 0 Å². The number of nitrogens with zero attached hydrogens (tertiary/aromatic N) is 1. The van der Waals surface area contributed by atoms with Crippen LogP contribution in [0.5, 0.6) is 0 Å². The first-order chi connectivity index (χ1) is 10.4. The van der Waals surface area contributed by atoms with Crippen LogP contribution in [-0.2, 0) is 9.84 Å². The fraction of sp³-hybridized carbons (Fsp3) is 0.647. The molecule has 1 fully saturated rings. The first-order valence-corrected chi connectivity index (χ1v) is 9.73. The lowest BCUT2D eigenvalue weighted by Gasteiger charge is -2.39. The minimum atomic E-state index is -3.21. The molecule has 1 aromatic rings. The molecule has 0 bridgehead atoms. The average molecular weight is 325 g/mol. The van der Waals surface area contributed by atoms with Crippen LogP contribution >= 0.6 is 0 Å². The molecule has 5 heteroatoms. The Bertz CT molecular complexity index is 585. The van der Waals surface area contributed by atoms with Gasteiger partial charge in [0.1, 0.15) is 0 Å². The van der Waals surface area contributed by atoms with Crippen LogP contribution in [0.4, 0.5) is 0 Å². The molecule has 1 saturated heterocycles. The first-order valence-electron chi connectivity index (χ1n) is 8.08. The number of aryl methyl sites for hydroxylation is 1. The van der Waals surface area contributed by atoms with Gasteiger partial charge in [-0.05, 0) is 62.9 Å². The van der Waals surface area contributed by atoms with E-state index in [0.717, 1.165) is 31.5 Å². The molecule has 2 rings (SSSR count). The van der Waals surface area contributed by atoms with Crippen molar-refractivity contribution in [3.8, 4) is 0 Å². The van der Waals surface area contributed by atoms with Crippen LogP contribution in [0.15, 0.2) is 29.2 Å². The van der Waals surface area contributed by atoms with E-state index in [4.69, 9.17) is 0 Å². The Balaban J connectivity index is 1.92. The highest BCUT2D eigenvalue weighted by Crippen LogP contribution is 2.23.